The maximum atomic E-state index is 13.1. The van der Waals surface area contributed by atoms with Gasteiger partial charge >= 0.3 is 0 Å². The number of likely N-dealkylation sites (tertiary alicyclic amines) is 1. The number of halogens is 2. The average Bonchev–Trinajstić information content (AvgIpc) is 2.60. The minimum Gasteiger partial charge on any atom is -0.492 e. The molecule has 26 heavy (non-hydrogen) atoms. The second kappa shape index (κ2) is 8.47. The number of hydrogen-bond donors (Lipinski definition) is 1. The Balaban J connectivity index is 1.76. The summed E-state index contributed by atoms with van der Waals surface area (Å²) in [4.78, 5) is 26.4. The Kier molecular flexibility index (Phi) is 6.56. The highest BCUT2D eigenvalue weighted by Gasteiger charge is 2.33. The summed E-state index contributed by atoms with van der Waals surface area (Å²) in [7, 11) is 0. The Morgan fingerprint density at radius 1 is 1.27 bits per heavy atom. The fraction of sp³-hybridized carbons (Fsp3) is 0.579. The molecule has 1 aliphatic rings. The molecule has 0 aromatic heterocycles. The minimum absolute atomic E-state index is 0.0525. The molecule has 2 amide bonds. The van der Waals surface area contributed by atoms with E-state index in [9.17, 15) is 18.4 Å². The van der Waals surface area contributed by atoms with Gasteiger partial charge in [-0.25, -0.2) is 8.78 Å². The van der Waals surface area contributed by atoms with Gasteiger partial charge < -0.3 is 15.0 Å². The number of carbonyl (C=O) groups is 2. The molecule has 5 nitrogen and oxygen atoms in total. The van der Waals surface area contributed by atoms with E-state index in [-0.39, 0.29) is 36.6 Å². The fourth-order valence-electron chi connectivity index (χ4n) is 2.90. The highest BCUT2D eigenvalue weighted by atomic mass is 19.2. The van der Waals surface area contributed by atoms with Crippen molar-refractivity contribution in [1.82, 2.24) is 10.2 Å². The molecule has 0 bridgehead atoms. The number of rotatable bonds is 5. The lowest BCUT2D eigenvalue weighted by atomic mass is 9.91. The molecule has 1 fully saturated rings. The Bertz CT molecular complexity index is 659. The molecule has 2 rings (SSSR count). The van der Waals surface area contributed by atoms with Crippen LogP contribution in [0.5, 0.6) is 5.75 Å². The summed E-state index contributed by atoms with van der Waals surface area (Å²) in [6.07, 6.45) is 1.54. The van der Waals surface area contributed by atoms with Gasteiger partial charge in [0.25, 0.3) is 0 Å². The van der Waals surface area contributed by atoms with Crippen LogP contribution in [0.1, 0.15) is 33.6 Å². The summed E-state index contributed by atoms with van der Waals surface area (Å²) in [5.41, 5.74) is -0.462. The predicted octanol–water partition coefficient (Wildman–Crippen LogP) is 2.74. The van der Waals surface area contributed by atoms with Gasteiger partial charge in [0.05, 0.1) is 12.5 Å². The number of hydrogen-bond acceptors (Lipinski definition) is 3. The van der Waals surface area contributed by atoms with Crippen molar-refractivity contribution in [1.29, 1.82) is 0 Å². The molecule has 7 heteroatoms. The monoisotopic (exact) mass is 368 g/mol. The Morgan fingerprint density at radius 3 is 2.65 bits per heavy atom. The lowest BCUT2D eigenvalue weighted by Gasteiger charge is -2.35. The zero-order valence-electron chi connectivity index (χ0n) is 15.5. The Morgan fingerprint density at radius 2 is 2.00 bits per heavy atom. The summed E-state index contributed by atoms with van der Waals surface area (Å²) in [5.74, 6) is -2.01. The fourth-order valence-corrected chi connectivity index (χ4v) is 2.90. The van der Waals surface area contributed by atoms with E-state index in [1.54, 1.807) is 4.90 Å². The molecule has 1 N–H and O–H groups in total. The van der Waals surface area contributed by atoms with Crippen LogP contribution >= 0.6 is 0 Å². The number of benzene rings is 1. The van der Waals surface area contributed by atoms with Crippen LogP contribution in [-0.4, -0.2) is 43.0 Å². The lowest BCUT2D eigenvalue weighted by Crippen LogP contribution is -2.49. The van der Waals surface area contributed by atoms with Gasteiger partial charge in [-0.05, 0) is 25.0 Å². The number of amides is 2. The third-order valence-electron chi connectivity index (χ3n) is 4.28. The minimum atomic E-state index is -0.975. The molecule has 1 atom stereocenters. The SMILES string of the molecule is CC(C)(C)C(=O)N1CCC[C@H](C(=O)NCCOc2ccc(F)c(F)c2)C1. The van der Waals surface area contributed by atoms with Crippen LogP contribution in [0.15, 0.2) is 18.2 Å². The molecule has 0 spiro atoms. The number of piperidine rings is 1. The zero-order chi connectivity index (χ0) is 19.3. The van der Waals surface area contributed by atoms with Crippen LogP contribution in [0.3, 0.4) is 0 Å². The van der Waals surface area contributed by atoms with E-state index in [4.69, 9.17) is 4.74 Å². The number of nitrogens with one attached hydrogen (secondary N) is 1. The highest BCUT2D eigenvalue weighted by Crippen LogP contribution is 2.23. The molecule has 1 aromatic carbocycles. The molecule has 0 radical (unpaired) electrons. The quantitative estimate of drug-likeness (QED) is 0.813. The average molecular weight is 368 g/mol. The van der Waals surface area contributed by atoms with Gasteiger partial charge in [0.15, 0.2) is 11.6 Å². The largest absolute Gasteiger partial charge is 0.492 e. The topological polar surface area (TPSA) is 58.6 Å². The van der Waals surface area contributed by atoms with Crippen LogP contribution in [0.4, 0.5) is 8.78 Å². The Labute approximate surface area is 152 Å². The Hall–Kier alpha value is -2.18. The van der Waals surface area contributed by atoms with Crippen LogP contribution in [0.2, 0.25) is 0 Å². The van der Waals surface area contributed by atoms with Gasteiger partial charge in [-0.2, -0.15) is 0 Å². The highest BCUT2D eigenvalue weighted by molar-refractivity contribution is 5.83. The molecule has 0 aliphatic carbocycles. The van der Waals surface area contributed by atoms with Crippen molar-refractivity contribution in [3.63, 3.8) is 0 Å². The molecule has 1 saturated heterocycles. The van der Waals surface area contributed by atoms with Gasteiger partial charge in [0.2, 0.25) is 11.8 Å². The van der Waals surface area contributed by atoms with Crippen molar-refractivity contribution >= 4 is 11.8 Å². The van der Waals surface area contributed by atoms with Gasteiger partial charge in [-0.3, -0.25) is 9.59 Å². The van der Waals surface area contributed by atoms with E-state index in [1.807, 2.05) is 20.8 Å². The predicted molar refractivity (Wildman–Crippen MR) is 93.6 cm³/mol. The third-order valence-corrected chi connectivity index (χ3v) is 4.28. The van der Waals surface area contributed by atoms with E-state index in [0.29, 0.717) is 13.1 Å². The molecular formula is C19H26F2N2O3. The van der Waals surface area contributed by atoms with E-state index < -0.39 is 17.0 Å². The molecular weight excluding hydrogens is 342 g/mol. The second-order valence-electron chi connectivity index (χ2n) is 7.56. The molecule has 1 aromatic rings. The van der Waals surface area contributed by atoms with Crippen LogP contribution in [-0.2, 0) is 9.59 Å². The van der Waals surface area contributed by atoms with E-state index >= 15 is 0 Å². The molecule has 0 saturated carbocycles. The summed E-state index contributed by atoms with van der Waals surface area (Å²) in [5, 5.41) is 2.78. The van der Waals surface area contributed by atoms with Crippen molar-refractivity contribution in [2.45, 2.75) is 33.6 Å². The van der Waals surface area contributed by atoms with Crippen LogP contribution in [0.25, 0.3) is 0 Å². The molecule has 1 aliphatic heterocycles. The summed E-state index contributed by atoms with van der Waals surface area (Å²) < 4.78 is 31.2. The lowest BCUT2D eigenvalue weighted by molar-refractivity contribution is -0.142. The number of carbonyl (C=O) groups excluding carboxylic acids is 2. The van der Waals surface area contributed by atoms with Crippen LogP contribution in [0, 0.1) is 23.0 Å². The van der Waals surface area contributed by atoms with Crippen molar-refractivity contribution in [2.75, 3.05) is 26.2 Å². The van der Waals surface area contributed by atoms with Gasteiger partial charge in [-0.15, -0.1) is 0 Å². The first-order valence-electron chi connectivity index (χ1n) is 8.83. The van der Waals surface area contributed by atoms with E-state index in [0.717, 1.165) is 25.0 Å². The van der Waals surface area contributed by atoms with E-state index in [2.05, 4.69) is 5.32 Å². The molecule has 144 valence electrons. The summed E-state index contributed by atoms with van der Waals surface area (Å²) in [6, 6.07) is 3.29. The van der Waals surface area contributed by atoms with Crippen molar-refractivity contribution in [2.24, 2.45) is 11.3 Å². The van der Waals surface area contributed by atoms with Gasteiger partial charge in [0, 0.05) is 24.6 Å². The number of ether oxygens (including phenoxy) is 1. The normalized spacial score (nSPS) is 17.7. The van der Waals surface area contributed by atoms with Crippen LogP contribution < -0.4 is 10.1 Å². The second-order valence-corrected chi connectivity index (χ2v) is 7.56. The van der Waals surface area contributed by atoms with E-state index in [1.165, 1.54) is 6.07 Å². The summed E-state index contributed by atoms with van der Waals surface area (Å²) in [6.45, 7) is 7.11. The first kappa shape index (κ1) is 20.1. The molecule has 0 unspecified atom stereocenters. The first-order valence-corrected chi connectivity index (χ1v) is 8.83. The standard InChI is InChI=1S/C19H26F2N2O3/c1-19(2,3)18(25)23-9-4-5-13(12-23)17(24)22-8-10-26-14-6-7-15(20)16(21)11-14/h6-7,11,13H,4-5,8-10,12H2,1-3H3,(H,22,24)/t13-/m0/s1. The van der Waals surface area contributed by atoms with Crippen molar-refractivity contribution in [3.8, 4) is 5.75 Å². The smallest absolute Gasteiger partial charge is 0.227 e. The zero-order valence-corrected chi connectivity index (χ0v) is 15.5. The van der Waals surface area contributed by atoms with Gasteiger partial charge in [0.1, 0.15) is 12.4 Å². The summed E-state index contributed by atoms with van der Waals surface area (Å²) >= 11 is 0. The number of nitrogens with zero attached hydrogens (tertiary/aromatic N) is 1. The maximum absolute atomic E-state index is 13.1. The third kappa shape index (κ3) is 5.41. The first-order chi connectivity index (χ1) is 12.2. The van der Waals surface area contributed by atoms with Crippen molar-refractivity contribution < 1.29 is 23.1 Å². The van der Waals surface area contributed by atoms with Crippen molar-refractivity contribution in [3.05, 3.63) is 29.8 Å². The maximum Gasteiger partial charge on any atom is 0.227 e. The molecule has 1 heterocycles. The van der Waals surface area contributed by atoms with Gasteiger partial charge in [-0.1, -0.05) is 20.8 Å².